The lowest BCUT2D eigenvalue weighted by Crippen LogP contribution is -2.01. The molecule has 10 aromatic carbocycles. The normalized spacial score (nSPS) is 11.0. The average molecular weight is 840 g/mol. The zero-order chi connectivity index (χ0) is 44.4. The Balaban J connectivity index is 0.948. The summed E-state index contributed by atoms with van der Waals surface area (Å²) in [5.41, 5.74) is 13.9. The predicted octanol–water partition coefficient (Wildman–Crippen LogP) is 15.3. The van der Waals surface area contributed by atoms with Crippen LogP contribution in [0.1, 0.15) is 11.1 Å². The number of hydrogen-bond donors (Lipinski definition) is 0. The number of fused-ring (bicyclic) bond motifs is 3. The van der Waals surface area contributed by atoms with Crippen molar-refractivity contribution in [2.24, 2.45) is 0 Å². The second-order valence-electron chi connectivity index (χ2n) is 16.2. The van der Waals surface area contributed by atoms with Gasteiger partial charge in [-0.1, -0.05) is 176 Å². The quantitative estimate of drug-likeness (QED) is 0.142. The van der Waals surface area contributed by atoms with Crippen LogP contribution >= 0.6 is 0 Å². The molecular formula is C61H37N5. The van der Waals surface area contributed by atoms with Gasteiger partial charge in [0, 0.05) is 22.3 Å². The van der Waals surface area contributed by atoms with E-state index in [1.54, 1.807) is 0 Å². The monoisotopic (exact) mass is 839 g/mol. The lowest BCUT2D eigenvalue weighted by atomic mass is 9.91. The molecule has 0 fully saturated rings. The second-order valence-corrected chi connectivity index (χ2v) is 16.2. The van der Waals surface area contributed by atoms with Crippen LogP contribution in [0.15, 0.2) is 224 Å². The van der Waals surface area contributed by atoms with Gasteiger partial charge in [0.2, 0.25) is 0 Å². The first-order chi connectivity index (χ1) is 32.6. The number of benzene rings is 10. The van der Waals surface area contributed by atoms with Crippen LogP contribution in [0.5, 0.6) is 0 Å². The Hall–Kier alpha value is -9.29. The van der Waals surface area contributed by atoms with Crippen molar-refractivity contribution in [2.75, 3.05) is 0 Å². The summed E-state index contributed by atoms with van der Waals surface area (Å²) in [6.07, 6.45) is 0. The van der Waals surface area contributed by atoms with Crippen molar-refractivity contribution in [3.63, 3.8) is 0 Å². The van der Waals surface area contributed by atoms with Crippen molar-refractivity contribution in [1.29, 1.82) is 10.5 Å². The highest BCUT2D eigenvalue weighted by atomic mass is 15.0. The minimum absolute atomic E-state index is 0.555. The maximum Gasteiger partial charge on any atom is 0.164 e. The molecule has 0 aliphatic heterocycles. The first-order valence-electron chi connectivity index (χ1n) is 21.8. The van der Waals surface area contributed by atoms with Gasteiger partial charge in [-0.15, -0.1) is 0 Å². The van der Waals surface area contributed by atoms with Crippen LogP contribution < -0.4 is 0 Å². The zero-order valence-corrected chi connectivity index (χ0v) is 35.6. The van der Waals surface area contributed by atoms with Crippen LogP contribution in [0.25, 0.3) is 111 Å². The zero-order valence-electron chi connectivity index (χ0n) is 35.6. The molecule has 11 aromatic rings. The summed E-state index contributed by atoms with van der Waals surface area (Å²) in [6, 6.07) is 81.2. The number of nitriles is 2. The highest BCUT2D eigenvalue weighted by Gasteiger charge is 2.17. The summed E-state index contributed by atoms with van der Waals surface area (Å²) < 4.78 is 0. The maximum absolute atomic E-state index is 10.3. The van der Waals surface area contributed by atoms with Crippen LogP contribution in [0, 0.1) is 22.7 Å². The fourth-order valence-electron chi connectivity index (χ4n) is 8.82. The first kappa shape index (κ1) is 39.5. The summed E-state index contributed by atoms with van der Waals surface area (Å²) >= 11 is 0. The molecule has 0 radical (unpaired) electrons. The number of hydrogen-bond acceptors (Lipinski definition) is 5. The van der Waals surface area contributed by atoms with Gasteiger partial charge in [-0.05, 0) is 120 Å². The average Bonchev–Trinajstić information content (AvgIpc) is 3.40. The SMILES string of the molecule is N#Cc1ccc(-c2ccccc2-c2nc(-c3ccccc3)nc(-c3cccc(-c4cccc(-c5ccc(C#N)c(-c6cccc(-c7ccc8ccc9ccccc9c8c7)c6)c5)c4)c3)n2)cc1. The summed E-state index contributed by atoms with van der Waals surface area (Å²) in [5.74, 6) is 1.69. The molecule has 0 unspecified atom stereocenters. The minimum atomic E-state index is 0.555. The van der Waals surface area contributed by atoms with Crippen molar-refractivity contribution in [3.8, 4) is 102 Å². The van der Waals surface area contributed by atoms with Gasteiger partial charge >= 0.3 is 0 Å². The van der Waals surface area contributed by atoms with Gasteiger partial charge in [0.25, 0.3) is 0 Å². The third-order valence-corrected chi connectivity index (χ3v) is 12.2. The van der Waals surface area contributed by atoms with Crippen LogP contribution in [0.3, 0.4) is 0 Å². The fraction of sp³-hybridized carbons (Fsp3) is 0. The molecule has 0 amide bonds. The van der Waals surface area contributed by atoms with E-state index < -0.39 is 0 Å². The van der Waals surface area contributed by atoms with E-state index in [1.807, 2.05) is 97.1 Å². The molecule has 5 nitrogen and oxygen atoms in total. The topological polar surface area (TPSA) is 86.2 Å². The molecule has 306 valence electrons. The standard InChI is InChI=1S/C61H37N5/c62-38-40-23-25-42(26-24-40)54-20-6-7-22-56(54)61-65-59(44-12-2-1-3-13-44)64-60(66-61)52-19-10-17-48(35-52)45-14-8-15-46(33-45)49-31-32-53(39-63)57(36-49)51-18-9-16-47(34-51)50-30-29-43-28-27-41-11-4-5-21-55(41)58(43)37-50/h1-37H. The molecule has 66 heavy (non-hydrogen) atoms. The number of rotatable bonds is 8. The fourth-order valence-corrected chi connectivity index (χ4v) is 8.82. The van der Waals surface area contributed by atoms with E-state index in [-0.39, 0.29) is 0 Å². The molecule has 0 bridgehead atoms. The van der Waals surface area contributed by atoms with E-state index in [0.29, 0.717) is 28.6 Å². The highest BCUT2D eigenvalue weighted by molar-refractivity contribution is 6.08. The van der Waals surface area contributed by atoms with E-state index in [0.717, 1.165) is 72.3 Å². The van der Waals surface area contributed by atoms with Crippen LogP contribution in [-0.2, 0) is 0 Å². The molecule has 0 aliphatic carbocycles. The third-order valence-electron chi connectivity index (χ3n) is 12.2. The highest BCUT2D eigenvalue weighted by Crippen LogP contribution is 2.37. The van der Waals surface area contributed by atoms with E-state index in [9.17, 15) is 10.5 Å². The number of aromatic nitrogens is 3. The van der Waals surface area contributed by atoms with Crippen molar-refractivity contribution < 1.29 is 0 Å². The summed E-state index contributed by atoms with van der Waals surface area (Å²) in [7, 11) is 0. The minimum Gasteiger partial charge on any atom is -0.208 e. The lowest BCUT2D eigenvalue weighted by molar-refractivity contribution is 1.07. The van der Waals surface area contributed by atoms with Gasteiger partial charge in [-0.3, -0.25) is 0 Å². The Morgan fingerprint density at radius 2 is 0.758 bits per heavy atom. The molecule has 1 heterocycles. The van der Waals surface area contributed by atoms with Crippen LogP contribution in [0.4, 0.5) is 0 Å². The summed E-state index contributed by atoms with van der Waals surface area (Å²) in [4.78, 5) is 15.2. The van der Waals surface area contributed by atoms with Gasteiger partial charge < -0.3 is 0 Å². The molecule has 0 spiro atoms. The molecule has 0 N–H and O–H groups in total. The Kier molecular flexibility index (Phi) is 10.3. The smallest absolute Gasteiger partial charge is 0.164 e. The van der Waals surface area contributed by atoms with Gasteiger partial charge in [0.1, 0.15) is 0 Å². The maximum atomic E-state index is 10.3. The second kappa shape index (κ2) is 17.1. The molecule has 0 aliphatic rings. The third kappa shape index (κ3) is 7.64. The molecule has 0 atom stereocenters. The van der Waals surface area contributed by atoms with Gasteiger partial charge in [-0.25, -0.2) is 15.0 Å². The summed E-state index contributed by atoms with van der Waals surface area (Å²) in [5, 5.41) is 24.6. The summed E-state index contributed by atoms with van der Waals surface area (Å²) in [6.45, 7) is 0. The van der Waals surface area contributed by atoms with Gasteiger partial charge in [-0.2, -0.15) is 10.5 Å². The molecule has 0 saturated carbocycles. The first-order valence-corrected chi connectivity index (χ1v) is 21.8. The van der Waals surface area contributed by atoms with Crippen LogP contribution in [0.2, 0.25) is 0 Å². The molecule has 5 heteroatoms. The molecule has 1 aromatic heterocycles. The van der Waals surface area contributed by atoms with Gasteiger partial charge in [0.15, 0.2) is 17.5 Å². The molecule has 11 rings (SSSR count). The Labute approximate surface area is 382 Å². The number of nitrogens with zero attached hydrogens (tertiary/aromatic N) is 5. The van der Waals surface area contributed by atoms with Crippen molar-refractivity contribution in [2.45, 2.75) is 0 Å². The van der Waals surface area contributed by atoms with E-state index in [4.69, 9.17) is 15.0 Å². The van der Waals surface area contributed by atoms with E-state index in [2.05, 4.69) is 140 Å². The Morgan fingerprint density at radius 1 is 0.273 bits per heavy atom. The van der Waals surface area contributed by atoms with Crippen molar-refractivity contribution in [3.05, 3.63) is 236 Å². The molecular weight excluding hydrogens is 803 g/mol. The predicted molar refractivity (Wildman–Crippen MR) is 268 cm³/mol. The van der Waals surface area contributed by atoms with E-state index in [1.165, 1.54) is 21.5 Å². The lowest BCUT2D eigenvalue weighted by Gasteiger charge is -2.13. The van der Waals surface area contributed by atoms with Crippen LogP contribution in [-0.4, -0.2) is 15.0 Å². The Morgan fingerprint density at radius 3 is 1.47 bits per heavy atom. The van der Waals surface area contributed by atoms with Crippen molar-refractivity contribution in [1.82, 2.24) is 15.0 Å². The Bertz CT molecular complexity index is 3730. The molecule has 0 saturated heterocycles. The van der Waals surface area contributed by atoms with E-state index >= 15 is 0 Å². The van der Waals surface area contributed by atoms with Crippen molar-refractivity contribution >= 4 is 21.5 Å². The van der Waals surface area contributed by atoms with Gasteiger partial charge in [0.05, 0.1) is 23.3 Å². The largest absolute Gasteiger partial charge is 0.208 e.